The molecular weight excluding hydrogens is 504 g/mol. The van der Waals surface area contributed by atoms with Gasteiger partial charge in [-0.3, -0.25) is 4.98 Å². The van der Waals surface area contributed by atoms with Gasteiger partial charge in [-0.1, -0.05) is 48.5 Å². The first-order valence-corrected chi connectivity index (χ1v) is 13.7. The largest absolute Gasteiger partial charge is 0.334 e. The molecule has 196 valence electrons. The molecule has 8 aromatic rings. The maximum absolute atomic E-state index is 4.98. The van der Waals surface area contributed by atoms with Gasteiger partial charge in [0.15, 0.2) is 0 Å². The summed E-state index contributed by atoms with van der Waals surface area (Å²) in [5.74, 6) is 1.85. The first-order chi connectivity index (χ1) is 20.2. The molecule has 0 aliphatic rings. The van der Waals surface area contributed by atoms with Gasteiger partial charge >= 0.3 is 0 Å². The fourth-order valence-electron chi connectivity index (χ4n) is 6.02. The highest BCUT2D eigenvalue weighted by Gasteiger charge is 2.18. The van der Waals surface area contributed by atoms with E-state index in [0.717, 1.165) is 61.8 Å². The van der Waals surface area contributed by atoms with Crippen LogP contribution < -0.4 is 0 Å². The molecule has 4 aromatic carbocycles. The van der Waals surface area contributed by atoms with Crippen LogP contribution in [0, 0.1) is 0 Å². The van der Waals surface area contributed by atoms with Gasteiger partial charge in [0.05, 0.1) is 27.8 Å². The van der Waals surface area contributed by atoms with Crippen molar-refractivity contribution < 1.29 is 0 Å². The molecule has 0 aliphatic heterocycles. The molecule has 6 nitrogen and oxygen atoms in total. The lowest BCUT2D eigenvalue weighted by Gasteiger charge is -2.14. The van der Waals surface area contributed by atoms with E-state index in [1.165, 1.54) is 10.8 Å². The smallest absolute Gasteiger partial charge is 0.140 e. The highest BCUT2D eigenvalue weighted by Crippen LogP contribution is 2.38. The molecule has 0 amide bonds. The molecule has 0 spiro atoms. The fraction of sp³-hybridized carbons (Fsp3) is 0.0571. The minimum absolute atomic E-state index is 0.906. The summed E-state index contributed by atoms with van der Waals surface area (Å²) >= 11 is 0. The summed E-state index contributed by atoms with van der Waals surface area (Å²) in [6.45, 7) is 0. The number of imidazole rings is 2. The Labute approximate surface area is 236 Å². The van der Waals surface area contributed by atoms with E-state index in [-0.39, 0.29) is 0 Å². The highest BCUT2D eigenvalue weighted by atomic mass is 15.1. The normalized spacial score (nSPS) is 11.7. The topological polar surface area (TPSA) is 53.5 Å². The number of aromatic nitrogens is 6. The molecule has 0 saturated carbocycles. The van der Waals surface area contributed by atoms with Crippen LogP contribution in [-0.4, -0.2) is 28.7 Å². The molecule has 6 heteroatoms. The lowest BCUT2D eigenvalue weighted by atomic mass is 10.0. The maximum atomic E-state index is 4.98. The fourth-order valence-corrected chi connectivity index (χ4v) is 6.02. The number of hydrogen-bond acceptors (Lipinski definition) is 3. The Morgan fingerprint density at radius 1 is 0.585 bits per heavy atom. The van der Waals surface area contributed by atoms with E-state index in [2.05, 4.69) is 106 Å². The van der Waals surface area contributed by atoms with Crippen LogP contribution in [0.2, 0.25) is 0 Å². The maximum Gasteiger partial charge on any atom is 0.140 e. The Bertz CT molecular complexity index is 2230. The predicted molar refractivity (Wildman–Crippen MR) is 166 cm³/mol. The summed E-state index contributed by atoms with van der Waals surface area (Å²) in [6.07, 6.45) is 5.65. The average Bonchev–Trinajstić information content (AvgIpc) is 3.70. The summed E-state index contributed by atoms with van der Waals surface area (Å²) in [5, 5.41) is 2.42. The second kappa shape index (κ2) is 9.03. The number of hydrogen-bond donors (Lipinski definition) is 0. The van der Waals surface area contributed by atoms with Crippen LogP contribution in [0.1, 0.15) is 0 Å². The molecular formula is C35H26N6. The van der Waals surface area contributed by atoms with Crippen molar-refractivity contribution in [1.29, 1.82) is 0 Å². The van der Waals surface area contributed by atoms with E-state index < -0.39 is 0 Å². The minimum Gasteiger partial charge on any atom is -0.334 e. The number of rotatable bonds is 4. The van der Waals surface area contributed by atoms with Crippen LogP contribution in [0.4, 0.5) is 0 Å². The van der Waals surface area contributed by atoms with Gasteiger partial charge in [0.2, 0.25) is 0 Å². The van der Waals surface area contributed by atoms with Crippen molar-refractivity contribution in [3.63, 3.8) is 0 Å². The van der Waals surface area contributed by atoms with Crippen molar-refractivity contribution in [3.05, 3.63) is 122 Å². The number of fused-ring (bicyclic) bond motifs is 4. The van der Waals surface area contributed by atoms with Crippen molar-refractivity contribution in [2.75, 3.05) is 0 Å². The summed E-state index contributed by atoms with van der Waals surface area (Å²) in [7, 11) is 4.11. The third kappa shape index (κ3) is 3.61. The summed E-state index contributed by atoms with van der Waals surface area (Å²) < 4.78 is 6.57. The molecule has 0 N–H and O–H groups in total. The summed E-state index contributed by atoms with van der Waals surface area (Å²) in [4.78, 5) is 14.4. The van der Waals surface area contributed by atoms with Crippen LogP contribution in [-0.2, 0) is 14.1 Å². The Balaban J connectivity index is 1.40. The quantitative estimate of drug-likeness (QED) is 0.233. The monoisotopic (exact) mass is 530 g/mol. The molecule has 8 rings (SSSR count). The second-order valence-electron chi connectivity index (χ2n) is 10.4. The van der Waals surface area contributed by atoms with Crippen LogP contribution in [0.3, 0.4) is 0 Å². The van der Waals surface area contributed by atoms with E-state index in [9.17, 15) is 0 Å². The Morgan fingerprint density at radius 2 is 1.39 bits per heavy atom. The zero-order valence-electron chi connectivity index (χ0n) is 22.7. The molecule has 4 heterocycles. The molecule has 0 fully saturated rings. The minimum atomic E-state index is 0.906. The van der Waals surface area contributed by atoms with E-state index in [1.54, 1.807) is 0 Å². The van der Waals surface area contributed by atoms with Crippen LogP contribution in [0.15, 0.2) is 122 Å². The lowest BCUT2D eigenvalue weighted by molar-refractivity contribution is 0.925. The van der Waals surface area contributed by atoms with E-state index in [0.29, 0.717) is 0 Å². The zero-order valence-corrected chi connectivity index (χ0v) is 22.7. The van der Waals surface area contributed by atoms with Gasteiger partial charge in [-0.15, -0.1) is 0 Å². The number of pyridine rings is 1. The Morgan fingerprint density at radius 3 is 2.20 bits per heavy atom. The first-order valence-electron chi connectivity index (χ1n) is 13.7. The number of nitrogens with zero attached hydrogens (tertiary/aromatic N) is 6. The van der Waals surface area contributed by atoms with Crippen LogP contribution >= 0.6 is 0 Å². The van der Waals surface area contributed by atoms with Crippen LogP contribution in [0.5, 0.6) is 0 Å². The molecule has 0 atom stereocenters. The Kier molecular flexibility index (Phi) is 5.15. The van der Waals surface area contributed by atoms with Gasteiger partial charge in [0.1, 0.15) is 11.6 Å². The summed E-state index contributed by atoms with van der Waals surface area (Å²) in [6, 6.07) is 36.2. The molecule has 0 radical (unpaired) electrons. The predicted octanol–water partition coefficient (Wildman–Crippen LogP) is 7.80. The molecule has 0 bridgehead atoms. The summed E-state index contributed by atoms with van der Waals surface area (Å²) in [5.41, 5.74) is 9.54. The van der Waals surface area contributed by atoms with E-state index >= 15 is 0 Å². The third-order valence-electron chi connectivity index (χ3n) is 7.98. The second-order valence-corrected chi connectivity index (χ2v) is 10.4. The van der Waals surface area contributed by atoms with Crippen molar-refractivity contribution >= 4 is 32.8 Å². The van der Waals surface area contributed by atoms with Crippen LogP contribution in [0.25, 0.3) is 72.6 Å². The number of benzene rings is 4. The first kappa shape index (κ1) is 23.4. The van der Waals surface area contributed by atoms with Crippen molar-refractivity contribution in [2.24, 2.45) is 14.1 Å². The van der Waals surface area contributed by atoms with E-state index in [4.69, 9.17) is 9.97 Å². The van der Waals surface area contributed by atoms with E-state index in [1.807, 2.05) is 48.4 Å². The number of para-hydroxylation sites is 3. The molecule has 0 aliphatic carbocycles. The lowest BCUT2D eigenvalue weighted by Crippen LogP contribution is -1.99. The number of aryl methyl sites for hydroxylation is 2. The van der Waals surface area contributed by atoms with Gasteiger partial charge in [-0.25, -0.2) is 9.97 Å². The van der Waals surface area contributed by atoms with Gasteiger partial charge in [0.25, 0.3) is 0 Å². The Hall–Kier alpha value is -5.49. The standard InChI is InChI=1S/C35H26N6/c1-39-20-19-37-35(39)27-17-15-24(22-28(27)29-10-7-8-18-36-29)41-31-12-5-3-9-25(31)26-16-14-23(21-33(26)41)34-38-30-11-4-6-13-32(30)40(34)2/h3-22H,1-2H3. The SMILES string of the molecule is Cn1ccnc1-c1ccc(-n2c3ccccc3c3ccc(-c4nc5ccccc5n4C)cc32)cc1-c1ccccn1. The third-order valence-corrected chi connectivity index (χ3v) is 7.98. The molecule has 0 unspecified atom stereocenters. The van der Waals surface area contributed by atoms with Gasteiger partial charge in [0, 0.05) is 65.8 Å². The van der Waals surface area contributed by atoms with Crippen molar-refractivity contribution in [1.82, 2.24) is 28.7 Å². The van der Waals surface area contributed by atoms with Gasteiger partial charge < -0.3 is 13.7 Å². The molecule has 4 aromatic heterocycles. The van der Waals surface area contributed by atoms with Gasteiger partial charge in [-0.05, 0) is 54.6 Å². The van der Waals surface area contributed by atoms with Crippen molar-refractivity contribution in [2.45, 2.75) is 0 Å². The highest BCUT2D eigenvalue weighted by molar-refractivity contribution is 6.10. The molecule has 41 heavy (non-hydrogen) atoms. The zero-order chi connectivity index (χ0) is 27.5. The van der Waals surface area contributed by atoms with Gasteiger partial charge in [-0.2, -0.15) is 0 Å². The average molecular weight is 531 g/mol. The van der Waals surface area contributed by atoms with Crippen molar-refractivity contribution in [3.8, 4) is 39.7 Å². The molecule has 0 saturated heterocycles.